The van der Waals surface area contributed by atoms with E-state index >= 15 is 0 Å². The number of rotatable bonds is 1. The van der Waals surface area contributed by atoms with Crippen molar-refractivity contribution in [2.45, 2.75) is 19.0 Å². The maximum Gasteiger partial charge on any atom is 0.417 e. The Hall–Kier alpha value is -1.48. The minimum atomic E-state index is -4.44. The third kappa shape index (κ3) is 3.10. The lowest BCUT2D eigenvalue weighted by molar-refractivity contribution is -0.137. The van der Waals surface area contributed by atoms with Crippen molar-refractivity contribution in [1.82, 2.24) is 4.98 Å². The monoisotopic (exact) mass is 289 g/mol. The zero-order valence-corrected chi connectivity index (χ0v) is 10.7. The molecular weight excluding hydrogens is 279 g/mol. The Morgan fingerprint density at radius 1 is 1.37 bits per heavy atom. The molecule has 0 saturated carbocycles. The van der Waals surface area contributed by atoms with Crippen LogP contribution >= 0.6 is 11.6 Å². The van der Waals surface area contributed by atoms with E-state index in [9.17, 15) is 13.2 Å². The second-order valence-electron chi connectivity index (χ2n) is 4.42. The number of piperidine rings is 1. The number of aromatic nitrogens is 1. The van der Waals surface area contributed by atoms with Gasteiger partial charge in [0.15, 0.2) is 0 Å². The minimum Gasteiger partial charge on any atom is -0.355 e. The van der Waals surface area contributed by atoms with Gasteiger partial charge in [-0.3, -0.25) is 0 Å². The number of hydrogen-bond acceptors (Lipinski definition) is 3. The van der Waals surface area contributed by atoms with Gasteiger partial charge in [0.05, 0.1) is 16.7 Å². The first kappa shape index (κ1) is 13.9. The van der Waals surface area contributed by atoms with Gasteiger partial charge in [-0.15, -0.1) is 0 Å². The SMILES string of the molecule is N#CC1CCN(c2ncc(C(F)(F)F)cc2Cl)CC1. The highest BCUT2D eigenvalue weighted by atomic mass is 35.5. The molecule has 1 aromatic heterocycles. The quantitative estimate of drug-likeness (QED) is 0.794. The Bertz CT molecular complexity index is 502. The molecule has 1 aliphatic heterocycles. The Morgan fingerprint density at radius 3 is 2.47 bits per heavy atom. The molecule has 0 amide bonds. The summed E-state index contributed by atoms with van der Waals surface area (Å²) in [6, 6.07) is 3.08. The van der Waals surface area contributed by atoms with Crippen LogP contribution in [0.2, 0.25) is 5.02 Å². The van der Waals surface area contributed by atoms with Crippen molar-refractivity contribution < 1.29 is 13.2 Å². The molecule has 1 fully saturated rings. The molecule has 7 heteroatoms. The summed E-state index contributed by atoms with van der Waals surface area (Å²) >= 11 is 5.87. The predicted molar refractivity (Wildman–Crippen MR) is 64.8 cm³/mol. The van der Waals surface area contributed by atoms with E-state index in [1.165, 1.54) is 0 Å². The van der Waals surface area contributed by atoms with Crippen LogP contribution in [0.4, 0.5) is 19.0 Å². The van der Waals surface area contributed by atoms with Crippen LogP contribution < -0.4 is 4.90 Å². The summed E-state index contributed by atoms with van der Waals surface area (Å²) in [7, 11) is 0. The van der Waals surface area contributed by atoms with Gasteiger partial charge in [-0.1, -0.05) is 11.6 Å². The zero-order chi connectivity index (χ0) is 14.0. The Labute approximate surface area is 113 Å². The summed E-state index contributed by atoms with van der Waals surface area (Å²) in [5.74, 6) is 0.357. The van der Waals surface area contributed by atoms with Crippen LogP contribution in [0.3, 0.4) is 0 Å². The van der Waals surface area contributed by atoms with E-state index in [-0.39, 0.29) is 10.9 Å². The smallest absolute Gasteiger partial charge is 0.355 e. The molecule has 0 radical (unpaired) electrons. The van der Waals surface area contributed by atoms with Crippen LogP contribution in [0, 0.1) is 17.2 Å². The van der Waals surface area contributed by atoms with E-state index in [2.05, 4.69) is 11.1 Å². The molecule has 0 atom stereocenters. The fourth-order valence-corrected chi connectivity index (χ4v) is 2.32. The van der Waals surface area contributed by atoms with Gasteiger partial charge in [-0.2, -0.15) is 18.4 Å². The predicted octanol–water partition coefficient (Wildman–Crippen LogP) is 3.49. The van der Waals surface area contributed by atoms with Gasteiger partial charge in [0.2, 0.25) is 0 Å². The molecular formula is C12H11ClF3N3. The van der Waals surface area contributed by atoms with Crippen molar-refractivity contribution in [2.75, 3.05) is 18.0 Å². The van der Waals surface area contributed by atoms with E-state index in [1.54, 1.807) is 0 Å². The number of hydrogen-bond donors (Lipinski definition) is 0. The average Bonchev–Trinajstić information content (AvgIpc) is 2.38. The number of anilines is 1. The molecule has 3 nitrogen and oxygen atoms in total. The number of halogens is 4. The Morgan fingerprint density at radius 2 is 2.00 bits per heavy atom. The van der Waals surface area contributed by atoms with Crippen LogP contribution in [0.25, 0.3) is 0 Å². The van der Waals surface area contributed by atoms with Crippen molar-refractivity contribution >= 4 is 17.4 Å². The molecule has 0 spiro atoms. The first-order chi connectivity index (χ1) is 8.91. The van der Waals surface area contributed by atoms with Gasteiger partial charge in [0, 0.05) is 25.2 Å². The molecule has 1 saturated heterocycles. The van der Waals surface area contributed by atoms with Crippen molar-refractivity contribution in [1.29, 1.82) is 5.26 Å². The van der Waals surface area contributed by atoms with Gasteiger partial charge in [-0.25, -0.2) is 4.98 Å². The zero-order valence-electron chi connectivity index (χ0n) is 9.91. The van der Waals surface area contributed by atoms with Gasteiger partial charge >= 0.3 is 6.18 Å². The van der Waals surface area contributed by atoms with E-state index in [1.807, 2.05) is 4.90 Å². The summed E-state index contributed by atoms with van der Waals surface area (Å²) in [4.78, 5) is 5.63. The molecule has 19 heavy (non-hydrogen) atoms. The van der Waals surface area contributed by atoms with Gasteiger partial charge < -0.3 is 4.90 Å². The molecule has 0 unspecified atom stereocenters. The first-order valence-corrected chi connectivity index (χ1v) is 6.17. The fourth-order valence-electron chi connectivity index (χ4n) is 2.04. The van der Waals surface area contributed by atoms with Gasteiger partial charge in [-0.05, 0) is 18.9 Å². The van der Waals surface area contributed by atoms with Crippen molar-refractivity contribution in [3.8, 4) is 6.07 Å². The van der Waals surface area contributed by atoms with E-state index in [4.69, 9.17) is 16.9 Å². The van der Waals surface area contributed by atoms with Crippen LogP contribution in [0.5, 0.6) is 0 Å². The van der Waals surface area contributed by atoms with E-state index < -0.39 is 11.7 Å². The summed E-state index contributed by atoms with van der Waals surface area (Å²) in [6.45, 7) is 1.16. The lowest BCUT2D eigenvalue weighted by atomic mass is 9.99. The second-order valence-corrected chi connectivity index (χ2v) is 4.82. The molecule has 102 valence electrons. The van der Waals surface area contributed by atoms with Crippen molar-refractivity contribution in [3.05, 3.63) is 22.8 Å². The Kier molecular flexibility index (Phi) is 3.85. The highest BCUT2D eigenvalue weighted by molar-refractivity contribution is 6.33. The fraction of sp³-hybridized carbons (Fsp3) is 0.500. The first-order valence-electron chi connectivity index (χ1n) is 5.79. The van der Waals surface area contributed by atoms with Crippen LogP contribution in [0.1, 0.15) is 18.4 Å². The molecule has 2 rings (SSSR count). The molecule has 0 aliphatic carbocycles. The van der Waals surface area contributed by atoms with E-state index in [0.717, 1.165) is 12.3 Å². The van der Waals surface area contributed by atoms with Crippen LogP contribution in [-0.4, -0.2) is 18.1 Å². The number of nitrogens with zero attached hydrogens (tertiary/aromatic N) is 3. The molecule has 0 bridgehead atoms. The molecule has 1 aliphatic rings. The summed E-state index contributed by atoms with van der Waals surface area (Å²) in [5, 5.41) is 8.78. The lowest BCUT2D eigenvalue weighted by Gasteiger charge is -2.30. The lowest BCUT2D eigenvalue weighted by Crippen LogP contribution is -2.34. The summed E-state index contributed by atoms with van der Waals surface area (Å²) in [5.41, 5.74) is -0.854. The maximum absolute atomic E-state index is 12.5. The normalized spacial score (nSPS) is 17.3. The standard InChI is InChI=1S/C12H11ClF3N3/c13-10-5-9(12(14,15)16)7-18-11(10)19-3-1-8(6-17)2-4-19/h5,7-8H,1-4H2. The Balaban J connectivity index is 2.17. The van der Waals surface area contributed by atoms with Crippen molar-refractivity contribution in [2.24, 2.45) is 5.92 Å². The topological polar surface area (TPSA) is 39.9 Å². The largest absolute Gasteiger partial charge is 0.417 e. The van der Waals surface area contributed by atoms with E-state index in [0.29, 0.717) is 31.7 Å². The third-order valence-electron chi connectivity index (χ3n) is 3.13. The molecule has 0 N–H and O–H groups in total. The van der Waals surface area contributed by atoms with Crippen LogP contribution in [0.15, 0.2) is 12.3 Å². The van der Waals surface area contributed by atoms with Gasteiger partial charge in [0.1, 0.15) is 5.82 Å². The average molecular weight is 290 g/mol. The highest BCUT2D eigenvalue weighted by Crippen LogP contribution is 2.34. The number of nitriles is 1. The number of alkyl halides is 3. The second kappa shape index (κ2) is 5.25. The molecule has 2 heterocycles. The molecule has 0 aromatic carbocycles. The number of pyridine rings is 1. The summed E-state index contributed by atoms with van der Waals surface area (Å²) < 4.78 is 37.5. The van der Waals surface area contributed by atoms with Gasteiger partial charge in [0.25, 0.3) is 0 Å². The van der Waals surface area contributed by atoms with Crippen LogP contribution in [-0.2, 0) is 6.18 Å². The minimum absolute atomic E-state index is 0.00414. The maximum atomic E-state index is 12.5. The third-order valence-corrected chi connectivity index (χ3v) is 3.40. The highest BCUT2D eigenvalue weighted by Gasteiger charge is 2.32. The summed E-state index contributed by atoms with van der Waals surface area (Å²) in [6.07, 6.45) is -2.30. The van der Waals surface area contributed by atoms with Crippen molar-refractivity contribution in [3.63, 3.8) is 0 Å². The molecule has 1 aromatic rings.